The number of aliphatic hydroxyl groups is 1. The molecular weight excluding hydrogens is 595 g/mol. The van der Waals surface area contributed by atoms with E-state index in [4.69, 9.17) is 0 Å². The number of piperidine rings is 1. The van der Waals surface area contributed by atoms with Gasteiger partial charge in [-0.2, -0.15) is 18.4 Å². The molecule has 0 spiro atoms. The number of hydrogen-bond acceptors (Lipinski definition) is 7. The second kappa shape index (κ2) is 15.0. The molecule has 3 heterocycles. The highest BCUT2D eigenvalue weighted by Gasteiger charge is 2.30. The minimum Gasteiger partial charge on any atom is -0.392 e. The van der Waals surface area contributed by atoms with Gasteiger partial charge in [-0.15, -0.1) is 0 Å². The molecule has 1 aliphatic rings. The summed E-state index contributed by atoms with van der Waals surface area (Å²) in [5.74, 6) is 5.88. The van der Waals surface area contributed by atoms with Crippen LogP contribution >= 0.6 is 0 Å². The van der Waals surface area contributed by atoms with Gasteiger partial charge in [-0.1, -0.05) is 12.0 Å². The van der Waals surface area contributed by atoms with E-state index in [-0.39, 0.29) is 30.7 Å². The molecule has 1 unspecified atom stereocenters. The van der Waals surface area contributed by atoms with E-state index in [0.717, 1.165) is 18.4 Å². The lowest BCUT2D eigenvalue weighted by atomic mass is 9.91. The molecule has 3 aromatic rings. The molecule has 1 fully saturated rings. The van der Waals surface area contributed by atoms with Crippen molar-refractivity contribution in [1.82, 2.24) is 24.7 Å². The Labute approximate surface area is 268 Å². The fraction of sp³-hybridized carbons (Fsp3) is 0.500. The Hall–Kier alpha value is -4.10. The first-order valence-electron chi connectivity index (χ1n) is 15.4. The van der Waals surface area contributed by atoms with Crippen LogP contribution in [0.15, 0.2) is 42.6 Å². The van der Waals surface area contributed by atoms with Crippen LogP contribution in [0.4, 0.5) is 18.9 Å². The van der Waals surface area contributed by atoms with Crippen molar-refractivity contribution in [3.63, 3.8) is 0 Å². The maximum atomic E-state index is 13.5. The molecular formula is C34H42F3N7O2. The summed E-state index contributed by atoms with van der Waals surface area (Å²) in [6.07, 6.45) is -1.68. The van der Waals surface area contributed by atoms with Crippen molar-refractivity contribution in [3.8, 4) is 17.9 Å². The second-order valence-corrected chi connectivity index (χ2v) is 12.5. The van der Waals surface area contributed by atoms with Crippen molar-refractivity contribution < 1.29 is 23.1 Å². The van der Waals surface area contributed by atoms with Gasteiger partial charge in [0.2, 0.25) is 5.91 Å². The molecule has 1 amide bonds. The van der Waals surface area contributed by atoms with Crippen molar-refractivity contribution in [2.75, 3.05) is 45.1 Å². The first kappa shape index (κ1) is 34.8. The summed E-state index contributed by atoms with van der Waals surface area (Å²) in [5.41, 5.74) is 2.32. The van der Waals surface area contributed by atoms with Gasteiger partial charge in [-0.3, -0.25) is 14.7 Å². The highest BCUT2D eigenvalue weighted by atomic mass is 19.4. The standard InChI is InChI=1S/C34H42F3N7O2/c1-24(45)20-42(4)21-32(46)43-14-11-27(12-15-43)40-18-25-7-9-30-26(16-25)17-29(44(30)23-34(35,36)37)6-5-13-39-28-8-10-31(41-19-28)33(2,3)22-38/h7-10,16-17,19,24,27,39-40,45H,11-15,18,20-21,23H2,1-4H3. The smallest absolute Gasteiger partial charge is 0.392 e. The summed E-state index contributed by atoms with van der Waals surface area (Å²) in [7, 11) is 1.82. The van der Waals surface area contributed by atoms with E-state index in [1.807, 2.05) is 29.0 Å². The third-order valence-corrected chi connectivity index (χ3v) is 8.01. The highest BCUT2D eigenvalue weighted by Crippen LogP contribution is 2.27. The Kier molecular flexibility index (Phi) is 11.3. The van der Waals surface area contributed by atoms with Crippen molar-refractivity contribution in [2.24, 2.45) is 0 Å². The minimum atomic E-state index is -4.41. The zero-order chi connectivity index (χ0) is 33.5. The van der Waals surface area contributed by atoms with E-state index < -0.39 is 24.2 Å². The molecule has 2 aromatic heterocycles. The number of nitrogens with zero attached hydrogens (tertiary/aromatic N) is 5. The number of carbonyl (C=O) groups is 1. The average molecular weight is 638 g/mol. The fourth-order valence-electron chi connectivity index (χ4n) is 5.53. The van der Waals surface area contributed by atoms with Gasteiger partial charge < -0.3 is 25.2 Å². The lowest BCUT2D eigenvalue weighted by Crippen LogP contribution is -2.47. The predicted molar refractivity (Wildman–Crippen MR) is 172 cm³/mol. The number of halogens is 3. The molecule has 4 rings (SSSR count). The Morgan fingerprint density at radius 3 is 2.57 bits per heavy atom. The van der Waals surface area contributed by atoms with Crippen molar-refractivity contribution in [1.29, 1.82) is 5.26 Å². The zero-order valence-electron chi connectivity index (χ0n) is 26.8. The number of aliphatic hydroxyl groups excluding tert-OH is 1. The zero-order valence-corrected chi connectivity index (χ0v) is 26.8. The SMILES string of the molecule is CC(O)CN(C)CC(=O)N1CCC(NCc2ccc3c(c2)cc(C#CCNc2ccc(C(C)(C)C#N)nc2)n3CC(F)(F)F)CC1. The number of benzene rings is 1. The van der Waals surface area contributed by atoms with E-state index in [9.17, 15) is 28.3 Å². The van der Waals surface area contributed by atoms with Crippen LogP contribution in [0.2, 0.25) is 0 Å². The topological polar surface area (TPSA) is 109 Å². The molecule has 1 aromatic carbocycles. The van der Waals surface area contributed by atoms with E-state index in [1.54, 1.807) is 51.2 Å². The van der Waals surface area contributed by atoms with Gasteiger partial charge >= 0.3 is 6.18 Å². The van der Waals surface area contributed by atoms with Crippen LogP contribution in [0.25, 0.3) is 10.9 Å². The number of likely N-dealkylation sites (tertiary alicyclic amines) is 1. The monoisotopic (exact) mass is 637 g/mol. The number of hydrogen-bond donors (Lipinski definition) is 3. The molecule has 9 nitrogen and oxygen atoms in total. The number of alkyl halides is 3. The van der Waals surface area contributed by atoms with Crippen molar-refractivity contribution in [2.45, 2.75) is 70.4 Å². The number of rotatable bonds is 11. The van der Waals surface area contributed by atoms with Crippen LogP contribution in [0.5, 0.6) is 0 Å². The molecule has 1 saturated heterocycles. The maximum Gasteiger partial charge on any atom is 0.406 e. The molecule has 246 valence electrons. The normalized spacial score (nSPS) is 15.0. The van der Waals surface area contributed by atoms with Crippen LogP contribution in [0, 0.1) is 23.2 Å². The summed E-state index contributed by atoms with van der Waals surface area (Å²) >= 11 is 0. The average Bonchev–Trinajstić information content (AvgIpc) is 3.33. The van der Waals surface area contributed by atoms with Crippen LogP contribution in [-0.4, -0.2) is 88.5 Å². The quantitative estimate of drug-likeness (QED) is 0.270. The summed E-state index contributed by atoms with van der Waals surface area (Å²) < 4.78 is 41.8. The van der Waals surface area contributed by atoms with Crippen molar-refractivity contribution >= 4 is 22.5 Å². The Balaban J connectivity index is 1.36. The third-order valence-electron chi connectivity index (χ3n) is 8.01. The number of aromatic nitrogens is 2. The van der Waals surface area contributed by atoms with Crippen LogP contribution in [0.3, 0.4) is 0 Å². The first-order chi connectivity index (χ1) is 21.7. The number of carbonyl (C=O) groups excluding carboxylic acids is 1. The van der Waals surface area contributed by atoms with Gasteiger partial charge in [-0.25, -0.2) is 0 Å². The lowest BCUT2D eigenvalue weighted by Gasteiger charge is -2.33. The fourth-order valence-corrected chi connectivity index (χ4v) is 5.53. The third kappa shape index (κ3) is 9.70. The highest BCUT2D eigenvalue weighted by molar-refractivity contribution is 5.83. The van der Waals surface area contributed by atoms with Gasteiger partial charge in [0.25, 0.3) is 0 Å². The number of amides is 1. The second-order valence-electron chi connectivity index (χ2n) is 12.5. The minimum absolute atomic E-state index is 0.0527. The van der Waals surface area contributed by atoms with Crippen LogP contribution < -0.4 is 10.6 Å². The molecule has 0 bridgehead atoms. The van der Waals surface area contributed by atoms with Crippen LogP contribution in [-0.2, 0) is 23.3 Å². The molecule has 0 radical (unpaired) electrons. The molecule has 3 N–H and O–H groups in total. The van der Waals surface area contributed by atoms with Gasteiger partial charge in [0.05, 0.1) is 53.9 Å². The summed E-state index contributed by atoms with van der Waals surface area (Å²) in [6.45, 7) is 6.89. The van der Waals surface area contributed by atoms with Gasteiger partial charge in [0, 0.05) is 43.1 Å². The largest absolute Gasteiger partial charge is 0.406 e. The molecule has 1 aliphatic heterocycles. The van der Waals surface area contributed by atoms with E-state index in [2.05, 4.69) is 33.5 Å². The van der Waals surface area contributed by atoms with Crippen LogP contribution in [0.1, 0.15) is 50.6 Å². The van der Waals surface area contributed by atoms with Gasteiger partial charge in [0.1, 0.15) is 6.54 Å². The summed E-state index contributed by atoms with van der Waals surface area (Å²) in [4.78, 5) is 20.6. The molecule has 0 aliphatic carbocycles. The number of anilines is 1. The number of fused-ring (bicyclic) bond motifs is 1. The van der Waals surface area contributed by atoms with E-state index in [1.165, 1.54) is 4.57 Å². The molecule has 0 saturated carbocycles. The maximum absolute atomic E-state index is 13.5. The number of nitrogens with one attached hydrogen (secondary N) is 2. The van der Waals surface area contributed by atoms with Gasteiger partial charge in [0.15, 0.2) is 0 Å². The van der Waals surface area contributed by atoms with Gasteiger partial charge in [-0.05, 0) is 82.5 Å². The predicted octanol–water partition coefficient (Wildman–Crippen LogP) is 4.26. The lowest BCUT2D eigenvalue weighted by molar-refractivity contribution is -0.140. The van der Waals surface area contributed by atoms with E-state index in [0.29, 0.717) is 48.5 Å². The number of likely N-dealkylation sites (N-methyl/N-ethyl adjacent to an activating group) is 1. The summed E-state index contributed by atoms with van der Waals surface area (Å²) in [6, 6.07) is 13.1. The Morgan fingerprint density at radius 1 is 1.20 bits per heavy atom. The molecule has 46 heavy (non-hydrogen) atoms. The van der Waals surface area contributed by atoms with Crippen molar-refractivity contribution in [3.05, 3.63) is 59.5 Å². The number of nitriles is 1. The Bertz CT molecular complexity index is 1590. The number of pyridine rings is 1. The first-order valence-corrected chi connectivity index (χ1v) is 15.4. The van der Waals surface area contributed by atoms with E-state index >= 15 is 0 Å². The Morgan fingerprint density at radius 2 is 1.93 bits per heavy atom. The molecule has 1 atom stereocenters. The summed E-state index contributed by atoms with van der Waals surface area (Å²) in [5, 5.41) is 26.1. The molecule has 12 heteroatoms.